The SMILES string of the molecule is CCOc1ccc(NC(=O)CCS(=O)(=O)c2ccc3c(c2)C[C@H](C)N3C(=O)C2CC2)cc1. The lowest BCUT2D eigenvalue weighted by Gasteiger charge is -2.22. The van der Waals surface area contributed by atoms with Crippen LogP contribution in [0.1, 0.15) is 38.7 Å². The normalized spacial score (nSPS) is 17.7. The van der Waals surface area contributed by atoms with Crippen molar-refractivity contribution in [3.8, 4) is 5.75 Å². The minimum absolute atomic E-state index is 0.0240. The number of rotatable bonds is 8. The van der Waals surface area contributed by atoms with Gasteiger partial charge in [-0.2, -0.15) is 0 Å². The zero-order chi connectivity index (χ0) is 22.9. The fourth-order valence-corrected chi connectivity index (χ4v) is 5.32. The molecule has 1 N–H and O–H groups in total. The highest BCUT2D eigenvalue weighted by molar-refractivity contribution is 7.91. The quantitative estimate of drug-likeness (QED) is 0.656. The average molecular weight is 457 g/mol. The Hall–Kier alpha value is -2.87. The molecule has 1 aliphatic carbocycles. The predicted octanol–water partition coefficient (Wildman–Crippen LogP) is 3.58. The summed E-state index contributed by atoms with van der Waals surface area (Å²) in [7, 11) is -3.63. The zero-order valence-electron chi connectivity index (χ0n) is 18.3. The number of amides is 2. The largest absolute Gasteiger partial charge is 0.494 e. The van der Waals surface area contributed by atoms with Crippen LogP contribution in [0.15, 0.2) is 47.4 Å². The summed E-state index contributed by atoms with van der Waals surface area (Å²) < 4.78 is 31.1. The van der Waals surface area contributed by atoms with Gasteiger partial charge in [-0.1, -0.05) is 0 Å². The maximum atomic E-state index is 12.8. The van der Waals surface area contributed by atoms with Crippen LogP contribution < -0.4 is 15.0 Å². The van der Waals surface area contributed by atoms with E-state index in [4.69, 9.17) is 4.74 Å². The molecule has 1 saturated carbocycles. The van der Waals surface area contributed by atoms with Crippen molar-refractivity contribution in [2.45, 2.75) is 50.5 Å². The minimum Gasteiger partial charge on any atom is -0.494 e. The van der Waals surface area contributed by atoms with Gasteiger partial charge in [0.2, 0.25) is 11.8 Å². The highest BCUT2D eigenvalue weighted by atomic mass is 32.2. The number of carbonyl (C=O) groups excluding carboxylic acids is 2. The second-order valence-electron chi connectivity index (χ2n) is 8.40. The van der Waals surface area contributed by atoms with Gasteiger partial charge in [-0.3, -0.25) is 9.59 Å². The van der Waals surface area contributed by atoms with E-state index in [1.165, 1.54) is 0 Å². The van der Waals surface area contributed by atoms with Crippen molar-refractivity contribution in [2.24, 2.45) is 5.92 Å². The van der Waals surface area contributed by atoms with Crippen LogP contribution >= 0.6 is 0 Å². The van der Waals surface area contributed by atoms with Crippen molar-refractivity contribution in [1.29, 1.82) is 0 Å². The van der Waals surface area contributed by atoms with E-state index in [1.807, 2.05) is 18.7 Å². The summed E-state index contributed by atoms with van der Waals surface area (Å²) in [5.74, 6) is 0.304. The fraction of sp³-hybridized carbons (Fsp3) is 0.417. The molecular formula is C24H28N2O5S. The Morgan fingerprint density at radius 1 is 1.12 bits per heavy atom. The fourth-order valence-electron chi connectivity index (χ4n) is 4.03. The molecule has 1 fully saturated rings. The summed E-state index contributed by atoms with van der Waals surface area (Å²) in [6.45, 7) is 4.43. The van der Waals surface area contributed by atoms with Gasteiger partial charge < -0.3 is 15.0 Å². The van der Waals surface area contributed by atoms with E-state index in [0.29, 0.717) is 24.5 Å². The topological polar surface area (TPSA) is 92.8 Å². The molecule has 4 rings (SSSR count). The molecule has 0 spiro atoms. The van der Waals surface area contributed by atoms with Crippen LogP contribution in [0.5, 0.6) is 5.75 Å². The zero-order valence-corrected chi connectivity index (χ0v) is 19.2. The molecule has 170 valence electrons. The number of ether oxygens (including phenoxy) is 1. The van der Waals surface area contributed by atoms with E-state index in [1.54, 1.807) is 42.5 Å². The van der Waals surface area contributed by atoms with Crippen molar-refractivity contribution < 1.29 is 22.7 Å². The van der Waals surface area contributed by atoms with Crippen molar-refractivity contribution >= 4 is 33.0 Å². The Kier molecular flexibility index (Phi) is 6.24. The van der Waals surface area contributed by atoms with Crippen molar-refractivity contribution in [3.63, 3.8) is 0 Å². The number of carbonyl (C=O) groups is 2. The molecular weight excluding hydrogens is 428 g/mol. The van der Waals surface area contributed by atoms with Gasteiger partial charge in [0.1, 0.15) is 5.75 Å². The Bertz CT molecular complexity index is 1120. The maximum Gasteiger partial charge on any atom is 0.230 e. The van der Waals surface area contributed by atoms with E-state index < -0.39 is 9.84 Å². The maximum absolute atomic E-state index is 12.8. The molecule has 2 amide bonds. The third-order valence-electron chi connectivity index (χ3n) is 5.84. The molecule has 0 aromatic heterocycles. The second-order valence-corrected chi connectivity index (χ2v) is 10.5. The first-order valence-electron chi connectivity index (χ1n) is 11.0. The Morgan fingerprint density at radius 3 is 2.50 bits per heavy atom. The van der Waals surface area contributed by atoms with Crippen molar-refractivity contribution in [1.82, 2.24) is 0 Å². The van der Waals surface area contributed by atoms with Crippen molar-refractivity contribution in [3.05, 3.63) is 48.0 Å². The molecule has 0 bridgehead atoms. The van der Waals surface area contributed by atoms with E-state index in [0.717, 1.165) is 24.1 Å². The molecule has 1 aliphatic heterocycles. The molecule has 0 unspecified atom stereocenters. The number of sulfone groups is 1. The Morgan fingerprint density at radius 2 is 1.84 bits per heavy atom. The standard InChI is InChI=1S/C24H28N2O5S/c1-3-31-20-8-6-19(7-9-20)25-23(27)12-13-32(29,30)21-10-11-22-18(15-21)14-16(2)26(22)24(28)17-4-5-17/h6-11,15-17H,3-5,12-14H2,1-2H3,(H,25,27)/t16-/m0/s1. The molecule has 2 aromatic carbocycles. The number of hydrogen-bond donors (Lipinski definition) is 1. The van der Waals surface area contributed by atoms with E-state index in [2.05, 4.69) is 5.32 Å². The van der Waals surface area contributed by atoms with Gasteiger partial charge in [0.25, 0.3) is 0 Å². The Balaban J connectivity index is 1.39. The first kappa shape index (κ1) is 22.3. The lowest BCUT2D eigenvalue weighted by molar-refractivity contribution is -0.120. The predicted molar refractivity (Wildman–Crippen MR) is 123 cm³/mol. The van der Waals surface area contributed by atoms with E-state index >= 15 is 0 Å². The van der Waals surface area contributed by atoms with Gasteiger partial charge in [0, 0.05) is 29.8 Å². The smallest absolute Gasteiger partial charge is 0.230 e. The molecule has 2 aromatic rings. The number of nitrogens with zero attached hydrogens (tertiary/aromatic N) is 1. The second kappa shape index (κ2) is 8.94. The lowest BCUT2D eigenvalue weighted by Crippen LogP contribution is -2.36. The number of anilines is 2. The van der Waals surface area contributed by atoms with Crippen LogP contribution in [-0.2, 0) is 25.8 Å². The summed E-state index contributed by atoms with van der Waals surface area (Å²) in [6, 6.07) is 11.9. The van der Waals surface area contributed by atoms with Crippen LogP contribution in [0.2, 0.25) is 0 Å². The minimum atomic E-state index is -3.63. The molecule has 2 aliphatic rings. The van der Waals surface area contributed by atoms with Gasteiger partial charge >= 0.3 is 0 Å². The number of benzene rings is 2. The van der Waals surface area contributed by atoms with Gasteiger partial charge in [-0.05, 0) is 81.1 Å². The van der Waals surface area contributed by atoms with Gasteiger partial charge in [-0.25, -0.2) is 8.42 Å². The summed E-state index contributed by atoms with van der Waals surface area (Å²) in [5, 5.41) is 2.71. The van der Waals surface area contributed by atoms with E-state index in [-0.39, 0.29) is 40.8 Å². The third kappa shape index (κ3) is 4.80. The molecule has 0 saturated heterocycles. The van der Waals surface area contributed by atoms with E-state index in [9.17, 15) is 18.0 Å². The van der Waals surface area contributed by atoms with Crippen molar-refractivity contribution in [2.75, 3.05) is 22.6 Å². The molecule has 1 atom stereocenters. The van der Waals surface area contributed by atoms with Crippen LogP contribution in [0, 0.1) is 5.92 Å². The monoisotopic (exact) mass is 456 g/mol. The molecule has 0 radical (unpaired) electrons. The third-order valence-corrected chi connectivity index (χ3v) is 7.55. The van der Waals surface area contributed by atoms with Gasteiger partial charge in [0.05, 0.1) is 17.3 Å². The number of fused-ring (bicyclic) bond motifs is 1. The number of hydrogen-bond acceptors (Lipinski definition) is 5. The summed E-state index contributed by atoms with van der Waals surface area (Å²) in [6.07, 6.45) is 2.36. The first-order chi connectivity index (χ1) is 15.3. The summed E-state index contributed by atoms with van der Waals surface area (Å²) in [5.41, 5.74) is 2.26. The average Bonchev–Trinajstić information content (AvgIpc) is 3.55. The van der Waals surface area contributed by atoms with Crippen LogP contribution in [0.25, 0.3) is 0 Å². The molecule has 7 nitrogen and oxygen atoms in total. The molecule has 8 heteroatoms. The van der Waals surface area contributed by atoms with Crippen LogP contribution in [-0.4, -0.2) is 38.6 Å². The molecule has 32 heavy (non-hydrogen) atoms. The Labute approximate surface area is 188 Å². The first-order valence-corrected chi connectivity index (χ1v) is 12.6. The lowest BCUT2D eigenvalue weighted by atomic mass is 10.1. The summed E-state index contributed by atoms with van der Waals surface area (Å²) in [4.78, 5) is 26.9. The van der Waals surface area contributed by atoms with Gasteiger partial charge in [-0.15, -0.1) is 0 Å². The van der Waals surface area contributed by atoms with Crippen LogP contribution in [0.4, 0.5) is 11.4 Å². The molecule has 1 heterocycles. The highest BCUT2D eigenvalue weighted by Crippen LogP contribution is 2.39. The number of nitrogens with one attached hydrogen (secondary N) is 1. The van der Waals surface area contributed by atoms with Crippen LogP contribution in [0.3, 0.4) is 0 Å². The highest BCUT2D eigenvalue weighted by Gasteiger charge is 2.39. The van der Waals surface area contributed by atoms with Gasteiger partial charge in [0.15, 0.2) is 9.84 Å². The summed E-state index contributed by atoms with van der Waals surface area (Å²) >= 11 is 0.